The number of ketones is 4. The van der Waals surface area contributed by atoms with Crippen LogP contribution in [-0.4, -0.2) is 201 Å². The fourth-order valence-electron chi connectivity index (χ4n) is 8.47. The van der Waals surface area contributed by atoms with Gasteiger partial charge in [0, 0.05) is 122 Å². The van der Waals surface area contributed by atoms with Crippen LogP contribution in [0.15, 0.2) is 36.4 Å². The van der Waals surface area contributed by atoms with E-state index in [9.17, 15) is 68.4 Å². The van der Waals surface area contributed by atoms with Crippen molar-refractivity contribution in [2.24, 2.45) is 5.73 Å². The van der Waals surface area contributed by atoms with Gasteiger partial charge < -0.3 is 85.4 Å². The number of ether oxygens (including phenoxy) is 6. The molecule has 0 unspecified atom stereocenters. The van der Waals surface area contributed by atoms with Crippen molar-refractivity contribution in [3.63, 3.8) is 0 Å². The summed E-state index contributed by atoms with van der Waals surface area (Å²) in [6.45, 7) is 20.4. The van der Waals surface area contributed by atoms with Gasteiger partial charge in [0.1, 0.15) is 22.8 Å². The third-order valence-electron chi connectivity index (χ3n) is 13.1. The summed E-state index contributed by atoms with van der Waals surface area (Å²) in [5.41, 5.74) is 8.41. The van der Waals surface area contributed by atoms with Crippen LogP contribution in [0.3, 0.4) is 0 Å². The number of aliphatic hydroxyl groups excluding tert-OH is 4. The van der Waals surface area contributed by atoms with Crippen LogP contribution < -0.4 is 31.5 Å². The summed E-state index contributed by atoms with van der Waals surface area (Å²) in [6.07, 6.45) is 4.04. The number of anilines is 2. The van der Waals surface area contributed by atoms with Crippen molar-refractivity contribution < 1.29 is 102 Å². The first kappa shape index (κ1) is 88.2. The van der Waals surface area contributed by atoms with Crippen molar-refractivity contribution in [1.29, 1.82) is 0 Å². The molecule has 0 radical (unpaired) electrons. The van der Waals surface area contributed by atoms with Crippen LogP contribution in [0.5, 0.6) is 0 Å². The Morgan fingerprint density at radius 3 is 1.16 bits per heavy atom. The van der Waals surface area contributed by atoms with Gasteiger partial charge in [-0.05, 0) is 120 Å². The van der Waals surface area contributed by atoms with Crippen LogP contribution in [0.2, 0.25) is 0 Å². The van der Waals surface area contributed by atoms with E-state index in [-0.39, 0.29) is 164 Å². The fraction of sp³-hybridized carbons (Fsp3) is 0.676. The van der Waals surface area contributed by atoms with Gasteiger partial charge in [-0.1, -0.05) is 26.0 Å². The molecule has 0 saturated carbocycles. The Balaban J connectivity index is 0.00000155. The highest BCUT2D eigenvalue weighted by Crippen LogP contribution is 2.23. The number of hydrogen-bond donors (Lipinski definition) is 9. The average molecular weight is 1350 g/mol. The normalized spacial score (nSPS) is 11.0. The lowest BCUT2D eigenvalue weighted by Crippen LogP contribution is -2.32. The maximum atomic E-state index is 12.5. The molecule has 0 spiro atoms. The number of benzene rings is 2. The number of carbonyl (C=O) groups excluding carboxylic acids is 9. The molecule has 27 nitrogen and oxygen atoms in total. The largest absolute Gasteiger partial charge is 0.481 e. The Kier molecular flexibility index (Phi) is 49.5. The lowest BCUT2D eigenvalue weighted by Gasteiger charge is -2.26. The molecule has 2 aromatic carbocycles. The van der Waals surface area contributed by atoms with Gasteiger partial charge in [0.15, 0.2) is 11.6 Å². The minimum absolute atomic E-state index is 0.0261. The van der Waals surface area contributed by atoms with Crippen LogP contribution in [0.1, 0.15) is 180 Å². The van der Waals surface area contributed by atoms with Gasteiger partial charge in [-0.2, -0.15) is 0 Å². The summed E-state index contributed by atoms with van der Waals surface area (Å²) in [7, 11) is 0. The van der Waals surface area contributed by atoms with E-state index in [1.54, 1.807) is 53.7 Å². The molecule has 95 heavy (non-hydrogen) atoms. The number of carboxylic acids is 1. The number of nitrogens with two attached hydrogens (primary N) is 1. The topological polar surface area (TPSA) is 396 Å². The number of esters is 2. The van der Waals surface area contributed by atoms with Crippen LogP contribution in [-0.2, 0) is 103 Å². The second-order valence-electron chi connectivity index (χ2n) is 24.2. The second kappa shape index (κ2) is 53.3. The number of aliphatic hydroxyl groups is 4. The molecule has 27 heteroatoms. The minimum Gasteiger partial charge on any atom is -0.481 e. The molecule has 0 aliphatic carbocycles. The van der Waals surface area contributed by atoms with E-state index < -0.39 is 29.0 Å². The van der Waals surface area contributed by atoms with Gasteiger partial charge in [0.25, 0.3) is 0 Å². The Labute approximate surface area is 561 Å². The molecule has 2 rings (SSSR count). The van der Waals surface area contributed by atoms with Crippen molar-refractivity contribution in [2.45, 2.75) is 196 Å². The summed E-state index contributed by atoms with van der Waals surface area (Å²) >= 11 is 0. The summed E-state index contributed by atoms with van der Waals surface area (Å²) in [4.78, 5) is 121. The first-order chi connectivity index (χ1) is 45.1. The summed E-state index contributed by atoms with van der Waals surface area (Å²) in [6, 6.07) is 10.9. The molecule has 0 atom stereocenters. The molecule has 540 valence electrons. The van der Waals surface area contributed by atoms with Crippen molar-refractivity contribution in [1.82, 2.24) is 16.0 Å². The van der Waals surface area contributed by atoms with E-state index in [2.05, 4.69) is 22.9 Å². The first-order valence-electron chi connectivity index (χ1n) is 32.8. The van der Waals surface area contributed by atoms with Gasteiger partial charge in [-0.3, -0.25) is 47.9 Å². The maximum absolute atomic E-state index is 12.5. The molecular formula is C68H112N6O21. The Bertz CT molecular complexity index is 2530. The molecule has 0 aliphatic rings. The predicted molar refractivity (Wildman–Crippen MR) is 357 cm³/mol. The highest BCUT2D eigenvalue weighted by molar-refractivity contribution is 5.91. The maximum Gasteiger partial charge on any atom is 0.308 e. The number of nitrogens with zero attached hydrogens (tertiary/aromatic N) is 2. The Morgan fingerprint density at radius 2 is 0.768 bits per heavy atom. The number of aliphatic carboxylic acids is 1. The zero-order valence-electron chi connectivity index (χ0n) is 57.7. The highest BCUT2D eigenvalue weighted by atomic mass is 16.6. The quantitative estimate of drug-likeness (QED) is 0.0322. The molecule has 0 bridgehead atoms. The van der Waals surface area contributed by atoms with Crippen molar-refractivity contribution in [3.8, 4) is 0 Å². The third kappa shape index (κ3) is 50.3. The van der Waals surface area contributed by atoms with Crippen molar-refractivity contribution in [2.75, 3.05) is 115 Å². The van der Waals surface area contributed by atoms with Gasteiger partial charge in [0.05, 0.1) is 92.1 Å². The molecule has 0 fully saturated rings. The lowest BCUT2D eigenvalue weighted by atomic mass is 10.1. The Morgan fingerprint density at radius 1 is 0.411 bits per heavy atom. The van der Waals surface area contributed by atoms with Crippen molar-refractivity contribution >= 4 is 70.1 Å². The SMILES string of the molecule is CC(C)(C)OC(=O)CCCC(=O)CNC(=O)CCC(=O)CN.CCCOCCOCCN(CCCC(=O)CCC(=O)NCC(=O)CCC(=O)NCCC(=O)OC(C)(C)C)c1cc(CO)cc(CO)c1.CCCOCCOCCN(CCCC(=O)O)c1cc(CO)cc(CO)c1. The number of rotatable bonds is 51. The van der Waals surface area contributed by atoms with Crippen LogP contribution >= 0.6 is 0 Å². The molecule has 0 heterocycles. The number of amides is 3. The summed E-state index contributed by atoms with van der Waals surface area (Å²) < 4.78 is 32.4. The van der Waals surface area contributed by atoms with E-state index in [0.29, 0.717) is 114 Å². The number of carboxylic acid groups (broad SMARTS) is 1. The van der Waals surface area contributed by atoms with Gasteiger partial charge in [-0.25, -0.2) is 0 Å². The predicted octanol–water partition coefficient (Wildman–Crippen LogP) is 4.64. The molecule has 10 N–H and O–H groups in total. The van der Waals surface area contributed by atoms with E-state index in [1.807, 2.05) is 41.0 Å². The van der Waals surface area contributed by atoms with E-state index in [0.717, 1.165) is 30.8 Å². The first-order valence-corrected chi connectivity index (χ1v) is 32.8. The fourth-order valence-corrected chi connectivity index (χ4v) is 8.47. The van der Waals surface area contributed by atoms with Gasteiger partial charge >= 0.3 is 17.9 Å². The summed E-state index contributed by atoms with van der Waals surface area (Å²) in [5, 5.41) is 54.5. The van der Waals surface area contributed by atoms with Crippen LogP contribution in [0, 0.1) is 0 Å². The lowest BCUT2D eigenvalue weighted by molar-refractivity contribution is -0.156. The van der Waals surface area contributed by atoms with Crippen LogP contribution in [0.4, 0.5) is 11.4 Å². The molecular weight excluding hydrogens is 1240 g/mol. The van der Waals surface area contributed by atoms with E-state index >= 15 is 0 Å². The number of Topliss-reactive ketones (excluding diaryl/α,β-unsaturated/α-hetero) is 4. The number of nitrogens with one attached hydrogen (secondary N) is 3. The smallest absolute Gasteiger partial charge is 0.308 e. The van der Waals surface area contributed by atoms with Crippen LogP contribution in [0.25, 0.3) is 0 Å². The second-order valence-corrected chi connectivity index (χ2v) is 24.2. The van der Waals surface area contributed by atoms with Crippen molar-refractivity contribution in [3.05, 3.63) is 58.7 Å². The number of hydrogen-bond acceptors (Lipinski definition) is 23. The highest BCUT2D eigenvalue weighted by Gasteiger charge is 2.20. The third-order valence-corrected chi connectivity index (χ3v) is 13.1. The molecule has 3 amide bonds. The zero-order chi connectivity index (χ0) is 71.5. The number of carbonyl (C=O) groups is 10. The molecule has 2 aromatic rings. The van der Waals surface area contributed by atoms with Gasteiger partial charge in [-0.15, -0.1) is 0 Å². The monoisotopic (exact) mass is 1350 g/mol. The van der Waals surface area contributed by atoms with E-state index in [4.69, 9.17) is 39.3 Å². The minimum atomic E-state index is -0.825. The molecule has 0 aliphatic heterocycles. The standard InChI is InChI=1S/C34H55N3O10.C19H31NO6.C15H26N2O5/c1-5-16-45-18-19-46-17-15-37(28-21-26(24-38)20-27(22-28)25-39)14-6-7-29(40)8-10-32(43)36-23-30(41)9-11-31(42)35-13-12-33(44)47-34(2,3)4;1-2-7-25-9-10-26-8-6-20(5-3-4-19(23)24)18-12-16(14-21)11-17(13-18)15-22;1-15(2,3)22-14(21)6-4-5-12(19)10-17-13(20)8-7-11(18)9-16/h20-22,38-39H,5-19,23-25H2,1-4H3,(H,35,42)(H,36,43);11-13,21-22H,2-10,14-15H2,1H3,(H,23,24);4-10,16H2,1-3H3,(H,17,20). The average Bonchev–Trinajstić information content (AvgIpc) is 0.880. The molecule has 0 saturated heterocycles. The zero-order valence-corrected chi connectivity index (χ0v) is 57.7. The Hall–Kier alpha value is -6.82. The van der Waals surface area contributed by atoms with Gasteiger partial charge in [0.2, 0.25) is 17.7 Å². The summed E-state index contributed by atoms with van der Waals surface area (Å²) in [5.74, 6) is -3.52. The molecule has 0 aromatic heterocycles. The van der Waals surface area contributed by atoms with E-state index in [1.165, 1.54) is 0 Å².